The molecule has 3 N–H and O–H groups in total. The van der Waals surface area contributed by atoms with E-state index in [0.29, 0.717) is 6.54 Å². The topological polar surface area (TPSA) is 55.1 Å². The molecule has 1 atom stereocenters. The fourth-order valence-corrected chi connectivity index (χ4v) is 1.92. The van der Waals surface area contributed by atoms with Crippen LogP contribution in [-0.2, 0) is 4.79 Å². The van der Waals surface area contributed by atoms with Crippen LogP contribution in [0.1, 0.15) is 39.2 Å². The van der Waals surface area contributed by atoms with Crippen molar-refractivity contribution in [3.8, 4) is 0 Å². The van der Waals surface area contributed by atoms with E-state index in [1.165, 1.54) is 0 Å². The molecule has 0 fully saturated rings. The van der Waals surface area contributed by atoms with E-state index in [2.05, 4.69) is 19.2 Å². The van der Waals surface area contributed by atoms with Gasteiger partial charge in [0.2, 0.25) is 5.91 Å². The second-order valence-electron chi connectivity index (χ2n) is 5.84. The highest BCUT2D eigenvalue weighted by Crippen LogP contribution is 2.24. The Balaban J connectivity index is 2.78. The van der Waals surface area contributed by atoms with Crippen LogP contribution >= 0.6 is 0 Å². The summed E-state index contributed by atoms with van der Waals surface area (Å²) in [5.41, 5.74) is 6.56. The highest BCUT2D eigenvalue weighted by molar-refractivity contribution is 5.84. The lowest BCUT2D eigenvalue weighted by atomic mass is 9.87. The van der Waals surface area contributed by atoms with Crippen molar-refractivity contribution >= 4 is 5.91 Å². The molecule has 3 nitrogen and oxygen atoms in total. The Labute approximate surface area is 110 Å². The molecule has 0 aliphatic heterocycles. The third-order valence-corrected chi connectivity index (χ3v) is 2.83. The number of nitrogens with one attached hydrogen (secondary N) is 1. The number of amides is 1. The van der Waals surface area contributed by atoms with Crippen molar-refractivity contribution in [2.75, 3.05) is 6.54 Å². The van der Waals surface area contributed by atoms with E-state index in [1.807, 2.05) is 44.2 Å². The number of rotatable bonds is 5. The normalized spacial score (nSPS) is 13.4. The molecule has 0 heterocycles. The van der Waals surface area contributed by atoms with Crippen molar-refractivity contribution in [1.82, 2.24) is 5.32 Å². The molecule has 1 rings (SSSR count). The standard InChI is InChI=1S/C15H24N2O/c1-11(2)13(12-8-6-5-7-9-12)14(18)17-10-15(3,4)16/h5-9,11,13H,10,16H2,1-4H3,(H,17,18). The number of benzene rings is 1. The SMILES string of the molecule is CC(C)C(C(=O)NCC(C)(C)N)c1ccccc1. The number of hydrogen-bond acceptors (Lipinski definition) is 2. The molecule has 1 aromatic rings. The molecule has 0 radical (unpaired) electrons. The molecule has 0 aliphatic carbocycles. The predicted molar refractivity (Wildman–Crippen MR) is 75.3 cm³/mol. The van der Waals surface area contributed by atoms with Crippen molar-refractivity contribution < 1.29 is 4.79 Å². The van der Waals surface area contributed by atoms with Gasteiger partial charge in [0.1, 0.15) is 0 Å². The zero-order valence-electron chi connectivity index (χ0n) is 11.7. The van der Waals surface area contributed by atoms with Gasteiger partial charge in [0.25, 0.3) is 0 Å². The van der Waals surface area contributed by atoms with Crippen LogP contribution in [0.2, 0.25) is 0 Å². The first-order valence-electron chi connectivity index (χ1n) is 6.43. The lowest BCUT2D eigenvalue weighted by Gasteiger charge is -2.24. The van der Waals surface area contributed by atoms with E-state index in [0.717, 1.165) is 5.56 Å². The molecule has 0 aromatic heterocycles. The van der Waals surface area contributed by atoms with Crippen LogP contribution in [-0.4, -0.2) is 18.0 Å². The molecule has 3 heteroatoms. The first kappa shape index (κ1) is 14.7. The van der Waals surface area contributed by atoms with Crippen LogP contribution in [0.15, 0.2) is 30.3 Å². The average molecular weight is 248 g/mol. The Kier molecular flexibility index (Phi) is 4.91. The first-order chi connectivity index (χ1) is 8.31. The zero-order valence-corrected chi connectivity index (χ0v) is 11.7. The summed E-state index contributed by atoms with van der Waals surface area (Å²) in [6, 6.07) is 9.88. The second-order valence-corrected chi connectivity index (χ2v) is 5.84. The Hall–Kier alpha value is -1.35. The van der Waals surface area contributed by atoms with Gasteiger partial charge in [-0.3, -0.25) is 4.79 Å². The summed E-state index contributed by atoms with van der Waals surface area (Å²) in [6.45, 7) is 8.41. The number of nitrogens with two attached hydrogens (primary N) is 1. The minimum atomic E-state index is -0.381. The second kappa shape index (κ2) is 6.01. The Morgan fingerprint density at radius 1 is 1.28 bits per heavy atom. The number of carbonyl (C=O) groups is 1. The summed E-state index contributed by atoms with van der Waals surface area (Å²) in [4.78, 5) is 12.3. The van der Waals surface area contributed by atoms with E-state index in [9.17, 15) is 4.79 Å². The largest absolute Gasteiger partial charge is 0.354 e. The highest BCUT2D eigenvalue weighted by Gasteiger charge is 2.24. The van der Waals surface area contributed by atoms with Crippen LogP contribution < -0.4 is 11.1 Å². The van der Waals surface area contributed by atoms with Gasteiger partial charge in [0.15, 0.2) is 0 Å². The molecule has 1 aromatic carbocycles. The van der Waals surface area contributed by atoms with Gasteiger partial charge in [-0.2, -0.15) is 0 Å². The van der Waals surface area contributed by atoms with E-state index >= 15 is 0 Å². The van der Waals surface area contributed by atoms with Gasteiger partial charge in [-0.25, -0.2) is 0 Å². The van der Waals surface area contributed by atoms with E-state index in [-0.39, 0.29) is 23.3 Å². The summed E-state index contributed by atoms with van der Waals surface area (Å²) in [6.07, 6.45) is 0. The van der Waals surface area contributed by atoms with E-state index in [1.54, 1.807) is 0 Å². The van der Waals surface area contributed by atoms with E-state index < -0.39 is 0 Å². The average Bonchev–Trinajstić information content (AvgIpc) is 2.26. The van der Waals surface area contributed by atoms with Crippen molar-refractivity contribution in [2.24, 2.45) is 11.7 Å². The van der Waals surface area contributed by atoms with Crippen LogP contribution in [0.4, 0.5) is 0 Å². The van der Waals surface area contributed by atoms with Gasteiger partial charge >= 0.3 is 0 Å². The molecule has 0 saturated carbocycles. The molecule has 100 valence electrons. The van der Waals surface area contributed by atoms with Crippen molar-refractivity contribution in [3.63, 3.8) is 0 Å². The van der Waals surface area contributed by atoms with Crippen LogP contribution in [0, 0.1) is 5.92 Å². The Morgan fingerprint density at radius 3 is 2.28 bits per heavy atom. The van der Waals surface area contributed by atoms with Crippen LogP contribution in [0.3, 0.4) is 0 Å². The monoisotopic (exact) mass is 248 g/mol. The fraction of sp³-hybridized carbons (Fsp3) is 0.533. The Bertz CT molecular complexity index is 379. The van der Waals surface area contributed by atoms with Gasteiger partial charge in [-0.15, -0.1) is 0 Å². The first-order valence-corrected chi connectivity index (χ1v) is 6.43. The molecular weight excluding hydrogens is 224 g/mol. The van der Waals surface area contributed by atoms with Crippen LogP contribution in [0.25, 0.3) is 0 Å². The minimum absolute atomic E-state index is 0.0507. The molecule has 1 unspecified atom stereocenters. The van der Waals surface area contributed by atoms with E-state index in [4.69, 9.17) is 5.73 Å². The molecule has 1 amide bonds. The van der Waals surface area contributed by atoms with Crippen molar-refractivity contribution in [3.05, 3.63) is 35.9 Å². The van der Waals surface area contributed by atoms with Gasteiger partial charge in [-0.05, 0) is 25.3 Å². The van der Waals surface area contributed by atoms with Gasteiger partial charge in [-0.1, -0.05) is 44.2 Å². The molecule has 0 bridgehead atoms. The lowest BCUT2D eigenvalue weighted by molar-refractivity contribution is -0.123. The lowest BCUT2D eigenvalue weighted by Crippen LogP contribution is -2.46. The molecule has 0 aliphatic rings. The molecule has 0 saturated heterocycles. The molecule has 18 heavy (non-hydrogen) atoms. The Morgan fingerprint density at radius 2 is 1.83 bits per heavy atom. The zero-order chi connectivity index (χ0) is 13.8. The third kappa shape index (κ3) is 4.49. The maximum absolute atomic E-state index is 12.3. The van der Waals surface area contributed by atoms with Crippen LogP contribution in [0.5, 0.6) is 0 Å². The number of hydrogen-bond donors (Lipinski definition) is 2. The summed E-state index contributed by atoms with van der Waals surface area (Å²) < 4.78 is 0. The minimum Gasteiger partial charge on any atom is -0.354 e. The molecule has 0 spiro atoms. The van der Waals surface area contributed by atoms with Crippen molar-refractivity contribution in [1.29, 1.82) is 0 Å². The predicted octanol–water partition coefficient (Wildman–Crippen LogP) is 2.28. The summed E-state index contributed by atoms with van der Waals surface area (Å²) in [5.74, 6) is 0.191. The smallest absolute Gasteiger partial charge is 0.227 e. The summed E-state index contributed by atoms with van der Waals surface area (Å²) in [7, 11) is 0. The van der Waals surface area contributed by atoms with Gasteiger partial charge in [0, 0.05) is 12.1 Å². The van der Waals surface area contributed by atoms with Crippen molar-refractivity contribution in [2.45, 2.75) is 39.2 Å². The maximum atomic E-state index is 12.3. The third-order valence-electron chi connectivity index (χ3n) is 2.83. The molecular formula is C15H24N2O. The summed E-state index contributed by atoms with van der Waals surface area (Å²) in [5, 5.41) is 2.94. The highest BCUT2D eigenvalue weighted by atomic mass is 16.1. The fourth-order valence-electron chi connectivity index (χ4n) is 1.92. The van der Waals surface area contributed by atoms with Gasteiger partial charge < -0.3 is 11.1 Å². The van der Waals surface area contributed by atoms with Gasteiger partial charge in [0.05, 0.1) is 5.92 Å². The maximum Gasteiger partial charge on any atom is 0.227 e. The summed E-state index contributed by atoms with van der Waals surface area (Å²) >= 11 is 0. The quantitative estimate of drug-likeness (QED) is 0.840. The number of carbonyl (C=O) groups excluding carboxylic acids is 1.